The zero-order valence-electron chi connectivity index (χ0n) is 16.9. The van der Waals surface area contributed by atoms with Gasteiger partial charge in [0.15, 0.2) is 0 Å². The number of amides is 2. The highest BCUT2D eigenvalue weighted by Gasteiger charge is 2.38. The van der Waals surface area contributed by atoms with Gasteiger partial charge in [0.05, 0.1) is 16.1 Å². The van der Waals surface area contributed by atoms with Crippen molar-refractivity contribution < 1.29 is 14.0 Å². The zero-order valence-corrected chi connectivity index (χ0v) is 19.8. The van der Waals surface area contributed by atoms with Crippen molar-refractivity contribution in [1.82, 2.24) is 10.2 Å². The zero-order chi connectivity index (χ0) is 21.6. The number of carbonyl (C=O) groups excluding carboxylic acids is 2. The molecule has 160 valence electrons. The van der Waals surface area contributed by atoms with Gasteiger partial charge in [-0.15, -0.1) is 11.3 Å². The number of hydrogen-bond acceptors (Lipinski definition) is 5. The lowest BCUT2D eigenvalue weighted by Crippen LogP contribution is -2.52. The molecule has 2 aromatic rings. The summed E-state index contributed by atoms with van der Waals surface area (Å²) in [6.07, 6.45) is 0.587. The molecule has 0 atom stereocenters. The molecule has 0 radical (unpaired) electrons. The first-order chi connectivity index (χ1) is 14.2. The molecule has 1 aromatic carbocycles. The fourth-order valence-corrected chi connectivity index (χ4v) is 5.42. The molecule has 0 bridgehead atoms. The van der Waals surface area contributed by atoms with Crippen molar-refractivity contribution in [2.75, 3.05) is 31.5 Å². The van der Waals surface area contributed by atoms with Gasteiger partial charge in [0.1, 0.15) is 10.8 Å². The van der Waals surface area contributed by atoms with E-state index in [4.69, 9.17) is 5.73 Å². The van der Waals surface area contributed by atoms with Gasteiger partial charge in [-0.05, 0) is 64.7 Å². The van der Waals surface area contributed by atoms with Crippen molar-refractivity contribution in [1.29, 1.82) is 0 Å². The van der Waals surface area contributed by atoms with Crippen LogP contribution in [0.3, 0.4) is 0 Å². The second-order valence-electron chi connectivity index (χ2n) is 8.70. The Hall–Kier alpha value is -1.72. The monoisotopic (exact) mass is 542 g/mol. The molecule has 0 saturated carbocycles. The summed E-state index contributed by atoms with van der Waals surface area (Å²) < 4.78 is 15.3. The van der Waals surface area contributed by atoms with Crippen molar-refractivity contribution in [3.63, 3.8) is 0 Å². The lowest BCUT2D eigenvalue weighted by atomic mass is 9.85. The van der Waals surface area contributed by atoms with E-state index in [1.165, 1.54) is 17.4 Å². The van der Waals surface area contributed by atoms with Crippen LogP contribution in [-0.2, 0) is 6.42 Å². The molecule has 4 N–H and O–H groups in total. The largest absolute Gasteiger partial charge is 0.351 e. The molecule has 2 aliphatic rings. The number of halogens is 2. The molecule has 0 unspecified atom stereocenters. The van der Waals surface area contributed by atoms with Gasteiger partial charge >= 0.3 is 0 Å². The summed E-state index contributed by atoms with van der Waals surface area (Å²) in [6.45, 7) is 6.41. The van der Waals surface area contributed by atoms with Crippen LogP contribution in [0.1, 0.15) is 39.4 Å². The molecule has 3 heterocycles. The Morgan fingerprint density at radius 2 is 2.17 bits per heavy atom. The van der Waals surface area contributed by atoms with E-state index >= 15 is 0 Å². The highest BCUT2D eigenvalue weighted by molar-refractivity contribution is 14.1. The van der Waals surface area contributed by atoms with Crippen molar-refractivity contribution in [2.45, 2.75) is 20.3 Å². The van der Waals surface area contributed by atoms with E-state index in [1.807, 2.05) is 22.6 Å². The lowest BCUT2D eigenvalue weighted by molar-refractivity contribution is 0.0515. The third-order valence-electron chi connectivity index (χ3n) is 5.57. The number of likely N-dealkylation sites (tertiary alicyclic amines) is 1. The topological polar surface area (TPSA) is 87.5 Å². The minimum absolute atomic E-state index is 0.129. The smallest absolute Gasteiger partial charge is 0.261 e. The van der Waals surface area contributed by atoms with Gasteiger partial charge in [0, 0.05) is 29.1 Å². The lowest BCUT2D eigenvalue weighted by Gasteiger charge is -2.39. The second kappa shape index (κ2) is 8.08. The van der Waals surface area contributed by atoms with Crippen LogP contribution >= 0.6 is 33.9 Å². The maximum absolute atomic E-state index is 14.5. The summed E-state index contributed by atoms with van der Waals surface area (Å²) in [7, 11) is 0. The van der Waals surface area contributed by atoms with Crippen molar-refractivity contribution in [2.24, 2.45) is 17.1 Å². The average molecular weight is 542 g/mol. The predicted octanol–water partition coefficient (Wildman–Crippen LogP) is 3.58. The standard InChI is InChI=1S/C21H24FIN4O2S/c1-21(2)6-13-16(20(29)27-8-11(7-24)9-27)19(30-17(13)18(28)25-10-21)26-15-4-3-12(23)5-14(15)22/h3-5,11,26H,6-10,24H2,1-2H3,(H,25,28). The van der Waals surface area contributed by atoms with E-state index in [1.54, 1.807) is 17.0 Å². The van der Waals surface area contributed by atoms with Gasteiger partial charge in [-0.25, -0.2) is 4.39 Å². The highest BCUT2D eigenvalue weighted by Crippen LogP contribution is 2.41. The normalized spacial score (nSPS) is 18.3. The predicted molar refractivity (Wildman–Crippen MR) is 125 cm³/mol. The van der Waals surface area contributed by atoms with E-state index in [0.29, 0.717) is 54.0 Å². The number of thiophene rings is 1. The molecule has 0 aliphatic carbocycles. The fourth-order valence-electron chi connectivity index (χ4n) is 3.83. The number of carbonyl (C=O) groups is 2. The summed E-state index contributed by atoms with van der Waals surface area (Å²) in [5.74, 6) is -0.415. The van der Waals surface area contributed by atoms with Crippen molar-refractivity contribution >= 4 is 56.4 Å². The third kappa shape index (κ3) is 4.06. The van der Waals surface area contributed by atoms with Crippen LogP contribution < -0.4 is 16.4 Å². The minimum Gasteiger partial charge on any atom is -0.351 e. The third-order valence-corrected chi connectivity index (χ3v) is 7.38. The average Bonchev–Trinajstić information content (AvgIpc) is 2.93. The minimum atomic E-state index is -0.402. The molecule has 1 saturated heterocycles. The Balaban J connectivity index is 1.78. The van der Waals surface area contributed by atoms with Gasteiger partial charge in [-0.2, -0.15) is 0 Å². The molecular weight excluding hydrogens is 518 g/mol. The number of rotatable bonds is 4. The molecule has 2 amide bonds. The summed E-state index contributed by atoms with van der Waals surface area (Å²) in [4.78, 5) is 28.5. The van der Waals surface area contributed by atoms with E-state index < -0.39 is 5.82 Å². The van der Waals surface area contributed by atoms with E-state index in [9.17, 15) is 14.0 Å². The maximum Gasteiger partial charge on any atom is 0.261 e. The molecular formula is C21H24FIN4O2S. The summed E-state index contributed by atoms with van der Waals surface area (Å²) >= 11 is 3.26. The Morgan fingerprint density at radius 3 is 2.83 bits per heavy atom. The van der Waals surface area contributed by atoms with Gasteiger partial charge in [-0.3, -0.25) is 9.59 Å². The Morgan fingerprint density at radius 1 is 1.43 bits per heavy atom. The van der Waals surface area contributed by atoms with Crippen LogP contribution in [0.25, 0.3) is 0 Å². The van der Waals surface area contributed by atoms with Crippen LogP contribution in [0.2, 0.25) is 0 Å². The molecule has 6 nitrogen and oxygen atoms in total. The molecule has 2 aliphatic heterocycles. The number of benzene rings is 1. The number of nitrogens with zero attached hydrogens (tertiary/aromatic N) is 1. The fraction of sp³-hybridized carbons (Fsp3) is 0.429. The molecule has 1 fully saturated rings. The molecule has 30 heavy (non-hydrogen) atoms. The van der Waals surface area contributed by atoms with Gasteiger partial charge in [0.2, 0.25) is 0 Å². The maximum atomic E-state index is 14.5. The summed E-state index contributed by atoms with van der Waals surface area (Å²) in [6, 6.07) is 4.87. The van der Waals surface area contributed by atoms with Gasteiger partial charge in [0.25, 0.3) is 11.8 Å². The van der Waals surface area contributed by atoms with Crippen LogP contribution in [0, 0.1) is 20.7 Å². The van der Waals surface area contributed by atoms with Gasteiger partial charge in [-0.1, -0.05) is 13.8 Å². The van der Waals surface area contributed by atoms with Crippen LogP contribution in [0.4, 0.5) is 15.1 Å². The Labute approximate surface area is 192 Å². The summed E-state index contributed by atoms with van der Waals surface area (Å²) in [5, 5.41) is 6.55. The van der Waals surface area contributed by atoms with Gasteiger partial charge < -0.3 is 21.3 Å². The van der Waals surface area contributed by atoms with Crippen LogP contribution in [-0.4, -0.2) is 42.9 Å². The van der Waals surface area contributed by atoms with E-state index in [0.717, 1.165) is 9.13 Å². The number of nitrogens with one attached hydrogen (secondary N) is 2. The quantitative estimate of drug-likeness (QED) is 0.516. The number of nitrogens with two attached hydrogens (primary N) is 1. The first-order valence-electron chi connectivity index (χ1n) is 9.84. The number of fused-ring (bicyclic) bond motifs is 1. The molecule has 0 spiro atoms. The Bertz CT molecular complexity index is 1020. The SMILES string of the molecule is CC1(C)CNC(=O)c2sc(Nc3ccc(I)cc3F)c(C(=O)N3CC(CN)C3)c2C1. The first-order valence-corrected chi connectivity index (χ1v) is 11.7. The summed E-state index contributed by atoms with van der Waals surface area (Å²) in [5.41, 5.74) is 7.03. The molecule has 4 rings (SSSR count). The number of anilines is 2. The molecule has 9 heteroatoms. The highest BCUT2D eigenvalue weighted by atomic mass is 127. The number of hydrogen-bond donors (Lipinski definition) is 3. The van der Waals surface area contributed by atoms with Crippen molar-refractivity contribution in [3.8, 4) is 0 Å². The van der Waals surface area contributed by atoms with Crippen LogP contribution in [0.5, 0.6) is 0 Å². The molecule has 1 aromatic heterocycles. The van der Waals surface area contributed by atoms with Crippen molar-refractivity contribution in [3.05, 3.63) is 43.6 Å². The Kier molecular flexibility index (Phi) is 5.80. The van der Waals surface area contributed by atoms with Crippen LogP contribution in [0.15, 0.2) is 18.2 Å². The second-order valence-corrected chi connectivity index (χ2v) is 11.0. The van der Waals surface area contributed by atoms with E-state index in [2.05, 4.69) is 24.5 Å². The first kappa shape index (κ1) is 21.5. The van der Waals surface area contributed by atoms with E-state index in [-0.39, 0.29) is 22.9 Å².